The first-order valence-corrected chi connectivity index (χ1v) is 43.0. The molecule has 0 amide bonds. The molecule has 8 nitrogen and oxygen atoms in total. The molecule has 16 aliphatic rings. The molecule has 0 N–H and O–H groups in total. The van der Waals surface area contributed by atoms with Crippen LogP contribution in [0.3, 0.4) is 0 Å². The predicted octanol–water partition coefficient (Wildman–Crippen LogP) is 16.4. The van der Waals surface area contributed by atoms with E-state index in [4.69, 9.17) is 18.9 Å². The molecule has 16 fully saturated rings. The zero-order chi connectivity index (χ0) is 62.2. The van der Waals surface area contributed by atoms with Crippen molar-refractivity contribution in [2.45, 2.75) is 203 Å². The van der Waals surface area contributed by atoms with Gasteiger partial charge in [0.15, 0.2) is 22.2 Å². The number of Topliss-reactive ketones (excluding diaryl/α,β-unsaturated/α-hetero) is 1. The van der Waals surface area contributed by atoms with Crippen LogP contribution in [-0.2, 0) is 67.4 Å². The van der Waals surface area contributed by atoms with Crippen LogP contribution in [0, 0.1) is 84.4 Å². The molecule has 0 atom stereocenters. The fourth-order valence-corrected chi connectivity index (χ4v) is 30.4. The Morgan fingerprint density at radius 1 is 0.495 bits per heavy atom. The molecule has 4 heterocycles. The van der Waals surface area contributed by atoms with Crippen molar-refractivity contribution in [3.8, 4) is 11.5 Å². The van der Waals surface area contributed by atoms with Crippen LogP contribution in [0.15, 0.2) is 88.7 Å². The van der Waals surface area contributed by atoms with Crippen molar-refractivity contribution in [2.24, 2.45) is 70.5 Å². The van der Waals surface area contributed by atoms with Crippen LogP contribution in [0.5, 0.6) is 11.5 Å². The Balaban J connectivity index is 0.000000109. The minimum atomic E-state index is -0.196. The lowest BCUT2D eigenvalue weighted by atomic mass is 9.49. The minimum Gasteiger partial charge on any atom is -0.481 e. The maximum atomic E-state index is 13.3. The second kappa shape index (κ2) is 28.6. The third-order valence-electron chi connectivity index (χ3n) is 24.7. The largest absolute Gasteiger partial charge is 0.481 e. The third-order valence-corrected chi connectivity index (χ3v) is 34.5. The highest BCUT2D eigenvalue weighted by Crippen LogP contribution is 2.62. The minimum absolute atomic E-state index is 0.0118. The Kier molecular flexibility index (Phi) is 20.4. The SMILES string of the molecule is CC1(OC(=O)C[S+]2CCCC2)C2CC3CC(C2)CC1C3.Cc1cc([S+]2CCCCC2)cc(C)c1OC(=O)C12CC3CC(CC(C3)C1)C2.O=C(COc1ccc([S+]2CCCC2)c2ccccc12)OC1C2CC3CC(C2)CC1C3.O=C(C[S+]1CCCC1)c1ccccc1. The van der Waals surface area contributed by atoms with Crippen molar-refractivity contribution < 1.29 is 38.1 Å². The molecule has 490 valence electrons. The molecule has 4 saturated heterocycles. The number of carbonyl (C=O) groups is 4. The summed E-state index contributed by atoms with van der Waals surface area (Å²) >= 11 is 0. The molecule has 0 aromatic heterocycles. The number of benzene rings is 4. The Morgan fingerprint density at radius 2 is 0.978 bits per heavy atom. The highest BCUT2D eigenvalue weighted by atomic mass is 32.2. The summed E-state index contributed by atoms with van der Waals surface area (Å²) in [5.74, 6) is 22.4. The van der Waals surface area contributed by atoms with Crippen LogP contribution in [-0.4, -0.2) is 99.5 Å². The molecule has 0 radical (unpaired) electrons. The lowest BCUT2D eigenvalue weighted by Gasteiger charge is -2.58. The van der Waals surface area contributed by atoms with Crippen LogP contribution >= 0.6 is 0 Å². The van der Waals surface area contributed by atoms with E-state index in [1.165, 1.54) is 202 Å². The lowest BCUT2D eigenvalue weighted by molar-refractivity contribution is -0.200. The van der Waals surface area contributed by atoms with Gasteiger partial charge in [-0.2, -0.15) is 0 Å². The van der Waals surface area contributed by atoms with Crippen molar-refractivity contribution in [1.82, 2.24) is 0 Å². The topological polar surface area (TPSA) is 105 Å². The lowest BCUT2D eigenvalue weighted by Crippen LogP contribution is -2.58. The van der Waals surface area contributed by atoms with Gasteiger partial charge in [-0.15, -0.1) is 0 Å². The summed E-state index contributed by atoms with van der Waals surface area (Å²) in [6.07, 6.45) is 32.8. The van der Waals surface area contributed by atoms with E-state index in [-0.39, 0.29) is 41.6 Å². The van der Waals surface area contributed by atoms with Crippen LogP contribution in [0.4, 0.5) is 0 Å². The second-order valence-electron chi connectivity index (χ2n) is 31.3. The van der Waals surface area contributed by atoms with Crippen molar-refractivity contribution in [1.29, 1.82) is 0 Å². The van der Waals surface area contributed by atoms with E-state index < -0.39 is 0 Å². The maximum absolute atomic E-state index is 13.3. The molecule has 12 saturated carbocycles. The van der Waals surface area contributed by atoms with E-state index in [0.29, 0.717) is 78.8 Å². The summed E-state index contributed by atoms with van der Waals surface area (Å²) in [4.78, 5) is 53.1. The average Bonchev–Trinajstić information content (AvgIpc) is 1.08. The number of hydrogen-bond donors (Lipinski definition) is 0. The summed E-state index contributed by atoms with van der Waals surface area (Å²) in [6.45, 7) is 6.53. The molecule has 12 bridgehead atoms. The Labute approximate surface area is 556 Å². The maximum Gasteiger partial charge on any atom is 0.356 e. The number of fused-ring (bicyclic) bond motifs is 1. The summed E-state index contributed by atoms with van der Waals surface area (Å²) in [6, 6.07) is 27.1. The van der Waals surface area contributed by atoms with E-state index in [9.17, 15) is 19.2 Å². The summed E-state index contributed by atoms with van der Waals surface area (Å²) < 4.78 is 24.3. The van der Waals surface area contributed by atoms with Crippen LogP contribution in [0.25, 0.3) is 10.8 Å². The predicted molar refractivity (Wildman–Crippen MR) is 377 cm³/mol. The molecule has 0 unspecified atom stereocenters. The standard InChI is InChI=1S/C26H31O3S.C24H33O2S.C17H27O2S.C12H15OS/c27-25(29-26-19-12-17-11-18(14-19)15-20(26)13-17)16-28-23-7-8-24(30-9-3-4-10-30)22-6-2-1-5-21(22)23;1-16-8-21(27-6-4-3-5-7-27)9-17(2)22(16)26-23(25)24-13-18-10-19(14-24)12-20(11-18)15-24;1-17(19-16(18)11-20-4-2-3-5-20)14-7-12-6-13(9-14)10-15(17)8-12;13-12(10-14-8-4-5-9-14)11-6-2-1-3-7-11/h1-2,5-8,17-20,26H,3-4,9-16H2;8-9,18-20H,3-7,10-15H2,1-2H3;12-15H,2-11H2,1H3;1-3,6-7H,4-5,8-10H2/q4*+1. The molecule has 20 rings (SSSR count). The number of esters is 3. The molecule has 4 aromatic rings. The first kappa shape index (κ1) is 64.7. The molecule has 12 heteroatoms. The zero-order valence-electron chi connectivity index (χ0n) is 55.3. The zero-order valence-corrected chi connectivity index (χ0v) is 58.6. The van der Waals surface area contributed by atoms with Crippen LogP contribution in [0.2, 0.25) is 0 Å². The van der Waals surface area contributed by atoms with E-state index in [1.54, 1.807) is 0 Å². The van der Waals surface area contributed by atoms with Gasteiger partial charge in [-0.1, -0.05) is 48.5 Å². The fourth-order valence-electron chi connectivity index (χ4n) is 21.1. The number of rotatable bonds is 14. The van der Waals surface area contributed by atoms with Gasteiger partial charge in [-0.25, -0.2) is 9.59 Å². The number of ether oxygens (including phenoxy) is 4. The Bertz CT molecular complexity index is 3090. The third kappa shape index (κ3) is 14.7. The number of ketones is 1. The smallest absolute Gasteiger partial charge is 0.356 e. The van der Waals surface area contributed by atoms with Crippen LogP contribution < -0.4 is 9.47 Å². The highest BCUT2D eigenvalue weighted by molar-refractivity contribution is 7.98. The quantitative estimate of drug-likeness (QED) is 0.0532. The molecule has 4 aliphatic heterocycles. The fraction of sp³-hybridized carbons (Fsp3) is 0.671. The van der Waals surface area contributed by atoms with Gasteiger partial charge in [0.05, 0.1) is 5.41 Å². The summed E-state index contributed by atoms with van der Waals surface area (Å²) in [7, 11) is 1.49. The number of carbonyl (C=O) groups excluding carboxylic acids is 4. The summed E-state index contributed by atoms with van der Waals surface area (Å²) in [5, 5.41) is 2.41. The van der Waals surface area contributed by atoms with Gasteiger partial charge >= 0.3 is 17.9 Å². The van der Waals surface area contributed by atoms with Crippen molar-refractivity contribution in [3.63, 3.8) is 0 Å². The molecule has 91 heavy (non-hydrogen) atoms. The van der Waals surface area contributed by atoms with E-state index in [2.05, 4.69) is 69.3 Å². The van der Waals surface area contributed by atoms with Gasteiger partial charge < -0.3 is 18.9 Å². The second-order valence-corrected chi connectivity index (χ2v) is 40.5. The normalized spacial score (nSPS) is 34.2. The molecule has 0 spiro atoms. The molecular formula is C79H106O8S4+4. The number of aryl methyl sites for hydroxylation is 2. The average molecular weight is 1310 g/mol. The first-order valence-electron chi connectivity index (χ1n) is 36.4. The van der Waals surface area contributed by atoms with Gasteiger partial charge in [0.1, 0.15) is 69.2 Å². The monoisotopic (exact) mass is 1310 g/mol. The van der Waals surface area contributed by atoms with Gasteiger partial charge in [0, 0.05) is 38.1 Å². The van der Waals surface area contributed by atoms with E-state index in [0.717, 1.165) is 100 Å². The van der Waals surface area contributed by atoms with E-state index >= 15 is 0 Å². The number of hydrogen-bond acceptors (Lipinski definition) is 8. The first-order chi connectivity index (χ1) is 44.3. The van der Waals surface area contributed by atoms with Gasteiger partial charge in [0.2, 0.25) is 11.5 Å². The Morgan fingerprint density at radius 3 is 1.55 bits per heavy atom. The van der Waals surface area contributed by atoms with Crippen molar-refractivity contribution in [2.75, 3.05) is 64.1 Å². The van der Waals surface area contributed by atoms with Crippen molar-refractivity contribution >= 4 is 78.0 Å². The van der Waals surface area contributed by atoms with Crippen LogP contribution in [0.1, 0.15) is 189 Å². The Hall–Kier alpha value is -3.58. The molecular weight excluding hydrogens is 1210 g/mol. The van der Waals surface area contributed by atoms with Crippen molar-refractivity contribution in [3.05, 3.63) is 95.6 Å². The molecule has 4 aromatic carbocycles. The van der Waals surface area contributed by atoms with Gasteiger partial charge in [0.25, 0.3) is 0 Å². The van der Waals surface area contributed by atoms with E-state index in [1.807, 2.05) is 30.3 Å². The highest BCUT2D eigenvalue weighted by Gasteiger charge is 2.58. The molecule has 12 aliphatic carbocycles. The summed E-state index contributed by atoms with van der Waals surface area (Å²) in [5.41, 5.74) is 2.90. The van der Waals surface area contributed by atoms with Gasteiger partial charge in [-0.3, -0.25) is 9.59 Å². The van der Waals surface area contributed by atoms with Gasteiger partial charge in [-0.05, 0) is 310 Å².